The number of carbonyl (C=O) groups excluding carboxylic acids is 1. The van der Waals surface area contributed by atoms with E-state index >= 15 is 0 Å². The Balaban J connectivity index is 1.88. The Labute approximate surface area is 135 Å². The average molecular weight is 316 g/mol. The quantitative estimate of drug-likeness (QED) is 0.820. The molecule has 2 rings (SSSR count). The second-order valence-corrected chi connectivity index (χ2v) is 5.98. The monoisotopic (exact) mass is 316 g/mol. The molecule has 1 N–H and O–H groups in total. The zero-order valence-electron chi connectivity index (χ0n) is 13.0. The van der Waals surface area contributed by atoms with Crippen LogP contribution in [0, 0.1) is 0 Å². The van der Waals surface area contributed by atoms with E-state index in [1.54, 1.807) is 18.0 Å². The molecule has 0 fully saturated rings. The van der Waals surface area contributed by atoms with E-state index in [0.717, 1.165) is 5.03 Å². The van der Waals surface area contributed by atoms with Crippen molar-refractivity contribution in [3.05, 3.63) is 48.2 Å². The lowest BCUT2D eigenvalue weighted by Crippen LogP contribution is -2.20. The van der Waals surface area contributed by atoms with Crippen molar-refractivity contribution in [1.82, 2.24) is 4.98 Å². The second kappa shape index (κ2) is 7.84. The number of benzene rings is 1. The van der Waals surface area contributed by atoms with Gasteiger partial charge in [0.1, 0.15) is 5.75 Å². The molecule has 116 valence electrons. The van der Waals surface area contributed by atoms with Crippen molar-refractivity contribution in [3.63, 3.8) is 0 Å². The van der Waals surface area contributed by atoms with E-state index < -0.39 is 0 Å². The van der Waals surface area contributed by atoms with Crippen LogP contribution in [-0.2, 0) is 4.79 Å². The van der Waals surface area contributed by atoms with Gasteiger partial charge in [-0.25, -0.2) is 4.98 Å². The van der Waals surface area contributed by atoms with Crippen molar-refractivity contribution in [1.29, 1.82) is 0 Å². The van der Waals surface area contributed by atoms with Crippen molar-refractivity contribution in [2.24, 2.45) is 0 Å². The maximum Gasteiger partial charge on any atom is 0.262 e. The molecule has 0 unspecified atom stereocenters. The van der Waals surface area contributed by atoms with Gasteiger partial charge in [-0.2, -0.15) is 0 Å². The highest BCUT2D eigenvalue weighted by atomic mass is 32.2. The SMILES string of the molecule is CSc1ccc(NC(=O)COc2cccc(C(C)C)c2)cn1. The minimum Gasteiger partial charge on any atom is -0.484 e. The predicted octanol–water partition coefficient (Wildman–Crippen LogP) is 3.94. The highest BCUT2D eigenvalue weighted by Gasteiger charge is 2.06. The average Bonchev–Trinajstić information content (AvgIpc) is 2.54. The first kappa shape index (κ1) is 16.4. The molecule has 1 aromatic heterocycles. The first-order chi connectivity index (χ1) is 10.6. The summed E-state index contributed by atoms with van der Waals surface area (Å²) in [6, 6.07) is 11.5. The number of carbonyl (C=O) groups is 1. The Kier molecular flexibility index (Phi) is 5.83. The van der Waals surface area contributed by atoms with Crippen LogP contribution in [-0.4, -0.2) is 23.8 Å². The lowest BCUT2D eigenvalue weighted by Gasteiger charge is -2.10. The number of hydrogen-bond donors (Lipinski definition) is 1. The van der Waals surface area contributed by atoms with Crippen LogP contribution in [0.2, 0.25) is 0 Å². The summed E-state index contributed by atoms with van der Waals surface area (Å²) in [4.78, 5) is 16.1. The largest absolute Gasteiger partial charge is 0.484 e. The molecule has 0 bridgehead atoms. The number of rotatable bonds is 6. The minimum absolute atomic E-state index is 0.0220. The maximum absolute atomic E-state index is 11.9. The third-order valence-electron chi connectivity index (χ3n) is 3.12. The van der Waals surface area contributed by atoms with E-state index in [1.807, 2.05) is 36.6 Å². The number of thioether (sulfide) groups is 1. The van der Waals surface area contributed by atoms with Crippen LogP contribution in [0.15, 0.2) is 47.6 Å². The van der Waals surface area contributed by atoms with Crippen molar-refractivity contribution in [3.8, 4) is 5.75 Å². The molecule has 0 radical (unpaired) electrons. The third kappa shape index (κ3) is 4.77. The van der Waals surface area contributed by atoms with Gasteiger partial charge in [-0.15, -0.1) is 11.8 Å². The lowest BCUT2D eigenvalue weighted by atomic mass is 10.0. The van der Waals surface area contributed by atoms with Crippen LogP contribution in [0.4, 0.5) is 5.69 Å². The number of pyridine rings is 1. The maximum atomic E-state index is 11.9. The highest BCUT2D eigenvalue weighted by Crippen LogP contribution is 2.20. The summed E-state index contributed by atoms with van der Waals surface area (Å²) in [6.07, 6.45) is 3.60. The van der Waals surface area contributed by atoms with Crippen LogP contribution < -0.4 is 10.1 Å². The van der Waals surface area contributed by atoms with Gasteiger partial charge in [0.2, 0.25) is 0 Å². The molecule has 0 atom stereocenters. The molecule has 1 heterocycles. The van der Waals surface area contributed by atoms with Crippen molar-refractivity contribution in [2.45, 2.75) is 24.8 Å². The number of nitrogens with zero attached hydrogens (tertiary/aromatic N) is 1. The lowest BCUT2D eigenvalue weighted by molar-refractivity contribution is -0.118. The molecule has 0 spiro atoms. The number of hydrogen-bond acceptors (Lipinski definition) is 4. The minimum atomic E-state index is -0.200. The Bertz CT molecular complexity index is 627. The molecular weight excluding hydrogens is 296 g/mol. The molecule has 22 heavy (non-hydrogen) atoms. The fourth-order valence-electron chi connectivity index (χ4n) is 1.88. The van der Waals surface area contributed by atoms with Crippen LogP contribution in [0.1, 0.15) is 25.3 Å². The first-order valence-corrected chi connectivity index (χ1v) is 8.33. The van der Waals surface area contributed by atoms with Gasteiger partial charge in [0.05, 0.1) is 16.9 Å². The zero-order chi connectivity index (χ0) is 15.9. The van der Waals surface area contributed by atoms with E-state index in [-0.39, 0.29) is 12.5 Å². The van der Waals surface area contributed by atoms with Crippen molar-refractivity contribution >= 4 is 23.4 Å². The van der Waals surface area contributed by atoms with Gasteiger partial charge in [0.15, 0.2) is 6.61 Å². The van der Waals surface area contributed by atoms with Gasteiger partial charge in [-0.3, -0.25) is 4.79 Å². The molecule has 4 nitrogen and oxygen atoms in total. The Hall–Kier alpha value is -2.01. The summed E-state index contributed by atoms with van der Waals surface area (Å²) in [5.41, 5.74) is 1.86. The van der Waals surface area contributed by atoms with Crippen LogP contribution in [0.25, 0.3) is 0 Å². The zero-order valence-corrected chi connectivity index (χ0v) is 13.8. The van der Waals surface area contributed by atoms with E-state index in [1.165, 1.54) is 5.56 Å². The molecule has 0 saturated heterocycles. The summed E-state index contributed by atoms with van der Waals surface area (Å²) in [5.74, 6) is 0.934. The molecule has 5 heteroatoms. The summed E-state index contributed by atoms with van der Waals surface area (Å²) in [5, 5.41) is 3.68. The van der Waals surface area contributed by atoms with Gasteiger partial charge in [-0.05, 0) is 42.0 Å². The molecule has 1 aromatic carbocycles. The first-order valence-electron chi connectivity index (χ1n) is 7.11. The number of ether oxygens (including phenoxy) is 1. The molecule has 0 saturated carbocycles. The van der Waals surface area contributed by atoms with E-state index in [0.29, 0.717) is 17.4 Å². The van der Waals surface area contributed by atoms with Crippen LogP contribution in [0.3, 0.4) is 0 Å². The number of amides is 1. The van der Waals surface area contributed by atoms with E-state index in [9.17, 15) is 4.79 Å². The van der Waals surface area contributed by atoms with Gasteiger partial charge in [0, 0.05) is 0 Å². The van der Waals surface area contributed by atoms with Gasteiger partial charge < -0.3 is 10.1 Å². The Morgan fingerprint density at radius 3 is 2.77 bits per heavy atom. The standard InChI is InChI=1S/C17H20N2O2S/c1-12(2)13-5-4-6-15(9-13)21-11-16(20)19-14-7-8-17(22-3)18-10-14/h4-10,12H,11H2,1-3H3,(H,19,20). The number of aromatic nitrogens is 1. The van der Waals surface area contributed by atoms with Gasteiger partial charge >= 0.3 is 0 Å². The fraction of sp³-hybridized carbons (Fsp3) is 0.294. The molecule has 0 aliphatic rings. The normalized spacial score (nSPS) is 10.5. The summed E-state index contributed by atoms with van der Waals surface area (Å²) in [6.45, 7) is 4.22. The van der Waals surface area contributed by atoms with Crippen LogP contribution in [0.5, 0.6) is 5.75 Å². The van der Waals surface area contributed by atoms with E-state index in [2.05, 4.69) is 30.2 Å². The van der Waals surface area contributed by atoms with Gasteiger partial charge in [-0.1, -0.05) is 26.0 Å². The second-order valence-electron chi connectivity index (χ2n) is 5.15. The summed E-state index contributed by atoms with van der Waals surface area (Å²) < 4.78 is 5.54. The Morgan fingerprint density at radius 2 is 2.14 bits per heavy atom. The molecule has 0 aliphatic heterocycles. The fourth-order valence-corrected chi connectivity index (χ4v) is 2.25. The van der Waals surface area contributed by atoms with Gasteiger partial charge in [0.25, 0.3) is 5.91 Å². The number of nitrogens with one attached hydrogen (secondary N) is 1. The Morgan fingerprint density at radius 1 is 1.32 bits per heavy atom. The number of anilines is 1. The van der Waals surface area contributed by atoms with Crippen molar-refractivity contribution < 1.29 is 9.53 Å². The molecule has 2 aromatic rings. The van der Waals surface area contributed by atoms with Crippen molar-refractivity contribution in [2.75, 3.05) is 18.2 Å². The molecule has 0 aliphatic carbocycles. The molecular formula is C17H20N2O2S. The predicted molar refractivity (Wildman–Crippen MR) is 90.7 cm³/mol. The summed E-state index contributed by atoms with van der Waals surface area (Å²) >= 11 is 1.56. The topological polar surface area (TPSA) is 51.2 Å². The summed E-state index contributed by atoms with van der Waals surface area (Å²) in [7, 11) is 0. The highest BCUT2D eigenvalue weighted by molar-refractivity contribution is 7.98. The molecule has 1 amide bonds. The van der Waals surface area contributed by atoms with E-state index in [4.69, 9.17) is 4.74 Å². The third-order valence-corrected chi connectivity index (χ3v) is 3.78. The smallest absolute Gasteiger partial charge is 0.262 e. The van der Waals surface area contributed by atoms with Crippen LogP contribution >= 0.6 is 11.8 Å².